The van der Waals surface area contributed by atoms with Crippen molar-refractivity contribution >= 4 is 5.69 Å². The average molecular weight is 278 g/mol. The van der Waals surface area contributed by atoms with E-state index in [-0.39, 0.29) is 0 Å². The molecule has 1 unspecified atom stereocenters. The highest BCUT2D eigenvalue weighted by atomic mass is 16.5. The Kier molecular flexibility index (Phi) is 4.89. The Morgan fingerprint density at radius 3 is 2.90 bits per heavy atom. The van der Waals surface area contributed by atoms with Gasteiger partial charge in [-0.1, -0.05) is 0 Å². The van der Waals surface area contributed by atoms with Gasteiger partial charge in [0.2, 0.25) is 0 Å². The van der Waals surface area contributed by atoms with Crippen LogP contribution in [0.15, 0.2) is 18.2 Å². The van der Waals surface area contributed by atoms with Crippen LogP contribution in [0.1, 0.15) is 38.7 Å². The Labute approximate surface area is 121 Å². The third kappa shape index (κ3) is 4.12. The smallest absolute Gasteiger partial charge is 0.123 e. The molecule has 1 saturated heterocycles. The maximum Gasteiger partial charge on any atom is 0.123 e. The summed E-state index contributed by atoms with van der Waals surface area (Å²) in [7, 11) is 0. The van der Waals surface area contributed by atoms with E-state index in [1.807, 2.05) is 32.0 Å². The SMILES string of the molecule is CCOc1ccc(N)cc1CN1CCCC(C)(O)CC1. The zero-order chi connectivity index (χ0) is 14.6. The zero-order valence-electron chi connectivity index (χ0n) is 12.6. The summed E-state index contributed by atoms with van der Waals surface area (Å²) < 4.78 is 5.67. The standard InChI is InChI=1S/C16H26N2O2/c1-3-20-15-6-5-14(17)11-13(15)12-18-9-4-7-16(2,19)8-10-18/h5-6,11,19H,3-4,7-10,12,17H2,1-2H3. The fourth-order valence-electron chi connectivity index (χ4n) is 2.74. The molecular weight excluding hydrogens is 252 g/mol. The van der Waals surface area contributed by atoms with Gasteiger partial charge in [0.25, 0.3) is 0 Å². The summed E-state index contributed by atoms with van der Waals surface area (Å²) in [6, 6.07) is 5.82. The molecule has 1 heterocycles. The highest BCUT2D eigenvalue weighted by Gasteiger charge is 2.25. The quantitative estimate of drug-likeness (QED) is 0.830. The number of benzene rings is 1. The molecule has 2 rings (SSSR count). The second-order valence-corrected chi connectivity index (χ2v) is 5.93. The van der Waals surface area contributed by atoms with Gasteiger partial charge in [-0.25, -0.2) is 0 Å². The summed E-state index contributed by atoms with van der Waals surface area (Å²) in [6.07, 6.45) is 2.72. The summed E-state index contributed by atoms with van der Waals surface area (Å²) in [5.41, 5.74) is 7.27. The first kappa shape index (κ1) is 15.1. The van der Waals surface area contributed by atoms with Gasteiger partial charge >= 0.3 is 0 Å². The second kappa shape index (κ2) is 6.46. The monoisotopic (exact) mass is 278 g/mol. The fourth-order valence-corrected chi connectivity index (χ4v) is 2.74. The Morgan fingerprint density at radius 1 is 1.35 bits per heavy atom. The van der Waals surface area contributed by atoms with E-state index in [0.29, 0.717) is 6.61 Å². The molecule has 3 N–H and O–H groups in total. The molecule has 1 aromatic carbocycles. The number of nitrogens with two attached hydrogens (primary N) is 1. The lowest BCUT2D eigenvalue weighted by molar-refractivity contribution is 0.0444. The predicted molar refractivity (Wildman–Crippen MR) is 81.8 cm³/mol. The topological polar surface area (TPSA) is 58.7 Å². The number of nitrogens with zero attached hydrogens (tertiary/aromatic N) is 1. The zero-order valence-corrected chi connectivity index (χ0v) is 12.6. The van der Waals surface area contributed by atoms with Crippen LogP contribution in [-0.2, 0) is 6.54 Å². The number of rotatable bonds is 4. The van der Waals surface area contributed by atoms with E-state index < -0.39 is 5.60 Å². The Hall–Kier alpha value is -1.26. The molecule has 20 heavy (non-hydrogen) atoms. The van der Waals surface area contributed by atoms with Crippen LogP contribution in [0.25, 0.3) is 0 Å². The van der Waals surface area contributed by atoms with E-state index in [9.17, 15) is 5.11 Å². The van der Waals surface area contributed by atoms with Gasteiger partial charge < -0.3 is 15.6 Å². The summed E-state index contributed by atoms with van der Waals surface area (Å²) >= 11 is 0. The molecule has 1 atom stereocenters. The molecule has 1 aromatic rings. The van der Waals surface area contributed by atoms with Crippen molar-refractivity contribution in [2.45, 2.75) is 45.3 Å². The summed E-state index contributed by atoms with van der Waals surface area (Å²) in [5.74, 6) is 0.915. The third-order valence-electron chi connectivity index (χ3n) is 3.93. The first-order valence-corrected chi connectivity index (χ1v) is 7.46. The van der Waals surface area contributed by atoms with Crippen LogP contribution < -0.4 is 10.5 Å². The van der Waals surface area contributed by atoms with Crippen LogP contribution in [0.3, 0.4) is 0 Å². The molecule has 1 aliphatic heterocycles. The van der Waals surface area contributed by atoms with Gasteiger partial charge in [-0.2, -0.15) is 0 Å². The lowest BCUT2D eigenvalue weighted by Crippen LogP contribution is -2.28. The third-order valence-corrected chi connectivity index (χ3v) is 3.93. The number of ether oxygens (including phenoxy) is 1. The molecular formula is C16H26N2O2. The maximum atomic E-state index is 10.1. The van der Waals surface area contributed by atoms with Crippen LogP contribution in [0, 0.1) is 0 Å². The molecule has 0 radical (unpaired) electrons. The first-order valence-electron chi connectivity index (χ1n) is 7.46. The number of hydrogen-bond donors (Lipinski definition) is 2. The molecule has 1 fully saturated rings. The number of hydrogen-bond acceptors (Lipinski definition) is 4. The van der Waals surface area contributed by atoms with Gasteiger partial charge in [0.1, 0.15) is 5.75 Å². The van der Waals surface area contributed by atoms with Crippen molar-refractivity contribution in [3.05, 3.63) is 23.8 Å². The van der Waals surface area contributed by atoms with Gasteiger partial charge in [0.05, 0.1) is 12.2 Å². The van der Waals surface area contributed by atoms with Crippen molar-refractivity contribution in [2.24, 2.45) is 0 Å². The van der Waals surface area contributed by atoms with Gasteiger partial charge in [-0.15, -0.1) is 0 Å². The normalized spacial score (nSPS) is 24.4. The molecule has 1 aliphatic rings. The van der Waals surface area contributed by atoms with E-state index >= 15 is 0 Å². The van der Waals surface area contributed by atoms with E-state index in [0.717, 1.165) is 55.9 Å². The second-order valence-electron chi connectivity index (χ2n) is 5.93. The Bertz CT molecular complexity index is 446. The van der Waals surface area contributed by atoms with Gasteiger partial charge in [0.15, 0.2) is 0 Å². The van der Waals surface area contributed by atoms with Crippen molar-refractivity contribution < 1.29 is 9.84 Å². The predicted octanol–water partition coefficient (Wildman–Crippen LogP) is 2.40. The number of aliphatic hydroxyl groups is 1. The van der Waals surface area contributed by atoms with Crippen LogP contribution in [0.5, 0.6) is 5.75 Å². The van der Waals surface area contributed by atoms with Crippen molar-refractivity contribution in [1.82, 2.24) is 4.90 Å². The minimum Gasteiger partial charge on any atom is -0.494 e. The minimum absolute atomic E-state index is 0.521. The number of anilines is 1. The van der Waals surface area contributed by atoms with Crippen molar-refractivity contribution in [2.75, 3.05) is 25.4 Å². The van der Waals surface area contributed by atoms with E-state index in [2.05, 4.69) is 4.90 Å². The van der Waals surface area contributed by atoms with Crippen LogP contribution in [0.4, 0.5) is 5.69 Å². The van der Waals surface area contributed by atoms with Crippen LogP contribution in [-0.4, -0.2) is 35.3 Å². The Morgan fingerprint density at radius 2 is 2.15 bits per heavy atom. The average Bonchev–Trinajstić information content (AvgIpc) is 2.55. The summed E-state index contributed by atoms with van der Waals surface area (Å²) in [5, 5.41) is 10.1. The van der Waals surface area contributed by atoms with Crippen molar-refractivity contribution in [1.29, 1.82) is 0 Å². The summed E-state index contributed by atoms with van der Waals surface area (Å²) in [4.78, 5) is 2.37. The highest BCUT2D eigenvalue weighted by molar-refractivity contribution is 5.47. The fraction of sp³-hybridized carbons (Fsp3) is 0.625. The molecule has 0 aliphatic carbocycles. The molecule has 0 bridgehead atoms. The molecule has 112 valence electrons. The maximum absolute atomic E-state index is 10.1. The first-order chi connectivity index (χ1) is 9.50. The van der Waals surface area contributed by atoms with E-state index in [1.165, 1.54) is 0 Å². The molecule has 0 aromatic heterocycles. The Balaban J connectivity index is 2.07. The number of nitrogen functional groups attached to an aromatic ring is 1. The minimum atomic E-state index is -0.521. The highest BCUT2D eigenvalue weighted by Crippen LogP contribution is 2.26. The van der Waals surface area contributed by atoms with Gasteiger partial charge in [-0.05, 0) is 57.9 Å². The molecule has 0 spiro atoms. The van der Waals surface area contributed by atoms with Gasteiger partial charge in [0, 0.05) is 24.3 Å². The van der Waals surface area contributed by atoms with Crippen LogP contribution >= 0.6 is 0 Å². The molecule has 4 heteroatoms. The lowest BCUT2D eigenvalue weighted by Gasteiger charge is -2.23. The van der Waals surface area contributed by atoms with Crippen molar-refractivity contribution in [3.8, 4) is 5.75 Å². The lowest BCUT2D eigenvalue weighted by atomic mass is 9.98. The van der Waals surface area contributed by atoms with E-state index in [1.54, 1.807) is 0 Å². The molecule has 4 nitrogen and oxygen atoms in total. The molecule has 0 saturated carbocycles. The number of likely N-dealkylation sites (tertiary alicyclic amines) is 1. The van der Waals surface area contributed by atoms with Gasteiger partial charge in [-0.3, -0.25) is 4.90 Å². The molecule has 0 amide bonds. The largest absolute Gasteiger partial charge is 0.494 e. The van der Waals surface area contributed by atoms with E-state index in [4.69, 9.17) is 10.5 Å². The van der Waals surface area contributed by atoms with Crippen molar-refractivity contribution in [3.63, 3.8) is 0 Å². The van der Waals surface area contributed by atoms with Crippen LogP contribution in [0.2, 0.25) is 0 Å². The summed E-state index contributed by atoms with van der Waals surface area (Å²) in [6.45, 7) is 7.33.